The second kappa shape index (κ2) is 6.61. The van der Waals surface area contributed by atoms with E-state index >= 15 is 0 Å². The van der Waals surface area contributed by atoms with Crippen LogP contribution in [-0.2, 0) is 0 Å². The zero-order valence-electron chi connectivity index (χ0n) is 8.01. The van der Waals surface area contributed by atoms with Gasteiger partial charge in [-0.05, 0) is 11.6 Å². The lowest BCUT2D eigenvalue weighted by atomic mass is 10.3. The smallest absolute Gasteiger partial charge is 0.0340 e. The summed E-state index contributed by atoms with van der Waals surface area (Å²) in [5, 5.41) is 0. The van der Waals surface area contributed by atoms with Crippen LogP contribution in [-0.4, -0.2) is 4.98 Å². The minimum absolute atomic E-state index is 1.06. The summed E-state index contributed by atoms with van der Waals surface area (Å²) in [5.74, 6) is 0. The molecule has 1 aromatic heterocycles. The summed E-state index contributed by atoms with van der Waals surface area (Å²) in [4.78, 5) is 3.88. The largest absolute Gasteiger partial charge is 0.264 e. The van der Waals surface area contributed by atoms with Gasteiger partial charge in [0, 0.05) is 12.4 Å². The first-order valence-corrected chi connectivity index (χ1v) is 4.46. The lowest BCUT2D eigenvalue weighted by Gasteiger charge is -1.84. The van der Waals surface area contributed by atoms with Gasteiger partial charge in [0.15, 0.2) is 0 Å². The molecule has 0 N–H and O–H groups in total. The van der Waals surface area contributed by atoms with E-state index < -0.39 is 0 Å². The monoisotopic (exact) mass is 183 g/mol. The number of nitrogens with zero attached hydrogens (tertiary/aromatic N) is 1. The van der Waals surface area contributed by atoms with Crippen molar-refractivity contribution in [2.24, 2.45) is 0 Å². The summed E-state index contributed by atoms with van der Waals surface area (Å²) in [7, 11) is 0. The first-order valence-electron chi connectivity index (χ1n) is 4.46. The predicted octanol–water partition coefficient (Wildman–Crippen LogP) is 3.41. The van der Waals surface area contributed by atoms with Crippen LogP contribution < -0.4 is 0 Å². The Bertz CT molecular complexity index is 313. The molecule has 70 valence electrons. The van der Waals surface area contributed by atoms with Crippen molar-refractivity contribution in [1.29, 1.82) is 0 Å². The first kappa shape index (κ1) is 10.2. The van der Waals surface area contributed by atoms with Crippen LogP contribution in [0.4, 0.5) is 0 Å². The fraction of sp³-hybridized carbons (Fsp3) is 0. The quantitative estimate of drug-likeness (QED) is 0.660. The summed E-state index contributed by atoms with van der Waals surface area (Å²) < 4.78 is 0. The maximum atomic E-state index is 3.88. The minimum Gasteiger partial charge on any atom is -0.264 e. The van der Waals surface area contributed by atoms with Gasteiger partial charge >= 0.3 is 0 Å². The Morgan fingerprint density at radius 2 is 1.50 bits per heavy atom. The van der Waals surface area contributed by atoms with Crippen molar-refractivity contribution in [2.75, 3.05) is 0 Å². The standard InChI is InChI=1S/C7H7N.C6H6/c1-2-7-4-3-5-8-6-7;1-2-4-6-5-3-1/h2-6H,1H2;1-6H. The highest BCUT2D eigenvalue weighted by atomic mass is 14.6. The fourth-order valence-corrected chi connectivity index (χ4v) is 0.882. The molecule has 0 amide bonds. The maximum Gasteiger partial charge on any atom is 0.0340 e. The second-order valence-electron chi connectivity index (χ2n) is 2.65. The van der Waals surface area contributed by atoms with Gasteiger partial charge in [-0.1, -0.05) is 55.1 Å². The Hall–Kier alpha value is -1.89. The molecule has 2 aromatic rings. The van der Waals surface area contributed by atoms with Crippen molar-refractivity contribution >= 4 is 6.08 Å². The average molecular weight is 183 g/mol. The SMILES string of the molecule is C=Cc1cccnc1.c1ccccc1. The molecule has 0 atom stereocenters. The molecule has 1 heterocycles. The molecular weight excluding hydrogens is 170 g/mol. The molecule has 0 bridgehead atoms. The highest BCUT2D eigenvalue weighted by Gasteiger charge is 1.77. The van der Waals surface area contributed by atoms with Gasteiger partial charge in [0.05, 0.1) is 0 Å². The van der Waals surface area contributed by atoms with E-state index in [9.17, 15) is 0 Å². The summed E-state index contributed by atoms with van der Waals surface area (Å²) in [6.45, 7) is 3.59. The predicted molar refractivity (Wildman–Crippen MR) is 60.8 cm³/mol. The molecule has 0 aliphatic carbocycles. The van der Waals surface area contributed by atoms with Gasteiger partial charge < -0.3 is 0 Å². The number of aromatic nitrogens is 1. The molecule has 0 saturated carbocycles. The number of rotatable bonds is 1. The maximum absolute atomic E-state index is 3.88. The topological polar surface area (TPSA) is 12.9 Å². The van der Waals surface area contributed by atoms with E-state index in [0.717, 1.165) is 5.56 Å². The molecule has 1 nitrogen and oxygen atoms in total. The summed E-state index contributed by atoms with van der Waals surface area (Å²) in [6.07, 6.45) is 5.28. The third-order valence-corrected chi connectivity index (χ3v) is 1.59. The molecule has 0 aliphatic heterocycles. The van der Waals surface area contributed by atoms with Crippen molar-refractivity contribution in [3.05, 3.63) is 73.1 Å². The molecule has 0 unspecified atom stereocenters. The minimum atomic E-state index is 1.06. The molecule has 0 aliphatic rings. The Morgan fingerprint density at radius 3 is 1.79 bits per heavy atom. The van der Waals surface area contributed by atoms with Gasteiger partial charge in [-0.2, -0.15) is 0 Å². The van der Waals surface area contributed by atoms with Gasteiger partial charge in [0.2, 0.25) is 0 Å². The lowest BCUT2D eigenvalue weighted by molar-refractivity contribution is 1.32. The Morgan fingerprint density at radius 1 is 0.929 bits per heavy atom. The van der Waals surface area contributed by atoms with Crippen LogP contribution in [0.3, 0.4) is 0 Å². The van der Waals surface area contributed by atoms with Gasteiger partial charge in [-0.25, -0.2) is 0 Å². The van der Waals surface area contributed by atoms with E-state index in [0.29, 0.717) is 0 Å². The second-order valence-corrected chi connectivity index (χ2v) is 2.65. The Kier molecular flexibility index (Phi) is 4.81. The Labute approximate surface area is 84.8 Å². The van der Waals surface area contributed by atoms with Gasteiger partial charge in [0.1, 0.15) is 0 Å². The van der Waals surface area contributed by atoms with Gasteiger partial charge in [-0.3, -0.25) is 4.98 Å². The van der Waals surface area contributed by atoms with Crippen LogP contribution in [0.15, 0.2) is 67.5 Å². The zero-order valence-corrected chi connectivity index (χ0v) is 8.01. The molecule has 2 rings (SSSR count). The zero-order chi connectivity index (χ0) is 10.1. The van der Waals surface area contributed by atoms with Crippen LogP contribution in [0.25, 0.3) is 6.08 Å². The summed E-state index contributed by atoms with van der Waals surface area (Å²) in [5.41, 5.74) is 1.06. The summed E-state index contributed by atoms with van der Waals surface area (Å²) in [6, 6.07) is 15.8. The van der Waals surface area contributed by atoms with Crippen molar-refractivity contribution < 1.29 is 0 Å². The number of benzene rings is 1. The third kappa shape index (κ3) is 4.21. The van der Waals surface area contributed by atoms with E-state index in [1.807, 2.05) is 48.5 Å². The molecule has 1 aromatic carbocycles. The molecule has 0 fully saturated rings. The van der Waals surface area contributed by atoms with Crippen LogP contribution in [0.5, 0.6) is 0 Å². The molecule has 14 heavy (non-hydrogen) atoms. The molecule has 0 radical (unpaired) electrons. The number of pyridine rings is 1. The van der Waals surface area contributed by atoms with Crippen molar-refractivity contribution in [1.82, 2.24) is 4.98 Å². The summed E-state index contributed by atoms with van der Waals surface area (Å²) >= 11 is 0. The van der Waals surface area contributed by atoms with E-state index in [-0.39, 0.29) is 0 Å². The van der Waals surface area contributed by atoms with Crippen LogP contribution >= 0.6 is 0 Å². The van der Waals surface area contributed by atoms with E-state index in [1.165, 1.54) is 0 Å². The van der Waals surface area contributed by atoms with Crippen LogP contribution in [0.1, 0.15) is 5.56 Å². The van der Waals surface area contributed by atoms with Crippen molar-refractivity contribution in [2.45, 2.75) is 0 Å². The number of hydrogen-bond acceptors (Lipinski definition) is 1. The molecule has 0 spiro atoms. The highest BCUT2D eigenvalue weighted by Crippen LogP contribution is 1.94. The van der Waals surface area contributed by atoms with Crippen molar-refractivity contribution in [3.63, 3.8) is 0 Å². The molecule has 0 saturated heterocycles. The average Bonchev–Trinajstić information content (AvgIpc) is 2.33. The number of hydrogen-bond donors (Lipinski definition) is 0. The van der Waals surface area contributed by atoms with Crippen LogP contribution in [0, 0.1) is 0 Å². The first-order chi connectivity index (χ1) is 6.93. The van der Waals surface area contributed by atoms with Crippen molar-refractivity contribution in [3.8, 4) is 0 Å². The highest BCUT2D eigenvalue weighted by molar-refractivity contribution is 5.44. The normalized spacial score (nSPS) is 8.29. The molecular formula is C13H13N. The van der Waals surface area contributed by atoms with Gasteiger partial charge in [0.25, 0.3) is 0 Å². The Balaban J connectivity index is 0.000000146. The third-order valence-electron chi connectivity index (χ3n) is 1.59. The van der Waals surface area contributed by atoms with Crippen LogP contribution in [0.2, 0.25) is 0 Å². The molecule has 1 heteroatoms. The van der Waals surface area contributed by atoms with E-state index in [1.54, 1.807) is 18.5 Å². The van der Waals surface area contributed by atoms with E-state index in [4.69, 9.17) is 0 Å². The lowest BCUT2D eigenvalue weighted by Crippen LogP contribution is -1.70. The van der Waals surface area contributed by atoms with Gasteiger partial charge in [-0.15, -0.1) is 0 Å². The van der Waals surface area contributed by atoms with E-state index in [2.05, 4.69) is 11.6 Å². The fourth-order valence-electron chi connectivity index (χ4n) is 0.882.